The number of allylic oxidation sites excluding steroid dienone is 1. The highest BCUT2D eigenvalue weighted by molar-refractivity contribution is 7.93. The fourth-order valence-corrected chi connectivity index (χ4v) is 4.23. The van der Waals surface area contributed by atoms with Crippen molar-refractivity contribution >= 4 is 21.7 Å². The first-order valence-electron chi connectivity index (χ1n) is 7.08. The molecule has 0 saturated heterocycles. The van der Waals surface area contributed by atoms with Crippen molar-refractivity contribution in [2.75, 3.05) is 4.72 Å². The summed E-state index contributed by atoms with van der Waals surface area (Å²) in [7, 11) is -3.90. The van der Waals surface area contributed by atoms with Crippen molar-refractivity contribution < 1.29 is 22.7 Å². The third-order valence-electron chi connectivity index (χ3n) is 3.70. The molecule has 2 rings (SSSR count). The summed E-state index contributed by atoms with van der Waals surface area (Å²) in [5, 5.41) is 8.08. The molecule has 0 radical (unpaired) electrons. The molecule has 1 aromatic rings. The Bertz CT molecular complexity index is 712. The van der Waals surface area contributed by atoms with Crippen molar-refractivity contribution in [2.24, 2.45) is 0 Å². The Morgan fingerprint density at radius 3 is 2.82 bits per heavy atom. The molecule has 1 unspecified atom stereocenters. The zero-order valence-electron chi connectivity index (χ0n) is 12.2. The minimum atomic E-state index is -3.90. The second kappa shape index (κ2) is 6.48. The molecule has 120 valence electrons. The molecule has 0 heterocycles. The summed E-state index contributed by atoms with van der Waals surface area (Å²) in [6.07, 6.45) is 3.36. The third kappa shape index (κ3) is 3.47. The van der Waals surface area contributed by atoms with E-state index in [-0.39, 0.29) is 12.0 Å². The zero-order valence-corrected chi connectivity index (χ0v) is 13.0. The van der Waals surface area contributed by atoms with E-state index in [4.69, 9.17) is 5.11 Å². The van der Waals surface area contributed by atoms with Gasteiger partial charge in [0.1, 0.15) is 11.1 Å². The van der Waals surface area contributed by atoms with E-state index in [1.807, 2.05) is 0 Å². The molecule has 5 nitrogen and oxygen atoms in total. The molecule has 22 heavy (non-hydrogen) atoms. The maximum absolute atomic E-state index is 13.2. The molecule has 0 amide bonds. The Kier molecular flexibility index (Phi) is 4.85. The second-order valence-corrected chi connectivity index (χ2v) is 7.05. The lowest BCUT2D eigenvalue weighted by Gasteiger charge is -2.23. The summed E-state index contributed by atoms with van der Waals surface area (Å²) in [4.78, 5) is 11.2. The number of carboxylic acid groups (broad SMARTS) is 1. The summed E-state index contributed by atoms with van der Waals surface area (Å²) in [5.41, 5.74) is 0.721. The number of nitrogens with one attached hydrogen (secondary N) is 1. The molecule has 0 spiro atoms. The van der Waals surface area contributed by atoms with Gasteiger partial charge in [0.05, 0.1) is 11.3 Å². The van der Waals surface area contributed by atoms with E-state index in [9.17, 15) is 17.6 Å². The second-order valence-electron chi connectivity index (χ2n) is 5.19. The maximum Gasteiger partial charge on any atom is 0.332 e. The van der Waals surface area contributed by atoms with Crippen molar-refractivity contribution in [1.82, 2.24) is 0 Å². The van der Waals surface area contributed by atoms with Crippen LogP contribution in [-0.4, -0.2) is 24.7 Å². The van der Waals surface area contributed by atoms with Crippen LogP contribution in [0.1, 0.15) is 31.7 Å². The van der Waals surface area contributed by atoms with Gasteiger partial charge in [-0.1, -0.05) is 13.0 Å². The van der Waals surface area contributed by atoms with Gasteiger partial charge in [-0.05, 0) is 49.4 Å². The van der Waals surface area contributed by atoms with Crippen molar-refractivity contribution in [3.63, 3.8) is 0 Å². The van der Waals surface area contributed by atoms with Gasteiger partial charge < -0.3 is 5.11 Å². The molecule has 0 saturated carbocycles. The minimum Gasteiger partial charge on any atom is -0.478 e. The molecule has 0 aliphatic heterocycles. The lowest BCUT2D eigenvalue weighted by Crippen LogP contribution is -2.34. The predicted molar refractivity (Wildman–Crippen MR) is 81.7 cm³/mol. The predicted octanol–water partition coefficient (Wildman–Crippen LogP) is 2.69. The summed E-state index contributed by atoms with van der Waals surface area (Å²) < 4.78 is 40.7. The number of benzene rings is 1. The molecule has 2 N–H and O–H groups in total. The lowest BCUT2D eigenvalue weighted by atomic mass is 9.99. The molecule has 0 bridgehead atoms. The van der Waals surface area contributed by atoms with Crippen LogP contribution < -0.4 is 4.72 Å². The Morgan fingerprint density at radius 1 is 1.45 bits per heavy atom. The van der Waals surface area contributed by atoms with Gasteiger partial charge in [0.25, 0.3) is 0 Å². The van der Waals surface area contributed by atoms with Crippen molar-refractivity contribution in [1.29, 1.82) is 0 Å². The summed E-state index contributed by atoms with van der Waals surface area (Å²) in [6.45, 7) is 1.79. The number of aliphatic carboxylic acids is 1. The molecule has 1 aliphatic carbocycles. The normalized spacial score (nSPS) is 18.6. The van der Waals surface area contributed by atoms with E-state index >= 15 is 0 Å². The van der Waals surface area contributed by atoms with Crippen molar-refractivity contribution in [3.05, 3.63) is 41.2 Å². The standard InChI is InChI=1S/C15H18FNO4S/c1-2-10-9-11(16)7-8-13(10)17-22(20,21)14-6-4-3-5-12(14)15(18)19/h5,7-9,14,17H,2-4,6H2,1H3,(H,18,19). The molecule has 1 aromatic carbocycles. The number of rotatable bonds is 5. The van der Waals surface area contributed by atoms with Gasteiger partial charge in [-0.3, -0.25) is 4.72 Å². The van der Waals surface area contributed by atoms with E-state index in [1.54, 1.807) is 6.92 Å². The smallest absolute Gasteiger partial charge is 0.332 e. The van der Waals surface area contributed by atoms with Gasteiger partial charge >= 0.3 is 5.97 Å². The van der Waals surface area contributed by atoms with Crippen LogP contribution >= 0.6 is 0 Å². The first kappa shape index (κ1) is 16.5. The number of hydrogen-bond donors (Lipinski definition) is 2. The number of sulfonamides is 1. The van der Waals surface area contributed by atoms with Gasteiger partial charge in [0.15, 0.2) is 0 Å². The van der Waals surface area contributed by atoms with Crippen LogP contribution in [0.3, 0.4) is 0 Å². The van der Waals surface area contributed by atoms with E-state index in [0.29, 0.717) is 30.5 Å². The highest BCUT2D eigenvalue weighted by Crippen LogP contribution is 2.28. The van der Waals surface area contributed by atoms with Crippen LogP contribution in [0.2, 0.25) is 0 Å². The summed E-state index contributed by atoms with van der Waals surface area (Å²) >= 11 is 0. The number of carboxylic acids is 1. The first-order chi connectivity index (χ1) is 10.3. The van der Waals surface area contributed by atoms with Gasteiger partial charge in [-0.15, -0.1) is 0 Å². The molecule has 0 fully saturated rings. The van der Waals surface area contributed by atoms with E-state index in [1.165, 1.54) is 24.3 Å². The fraction of sp³-hybridized carbons (Fsp3) is 0.400. The van der Waals surface area contributed by atoms with Gasteiger partial charge in [0, 0.05) is 0 Å². The van der Waals surface area contributed by atoms with Gasteiger partial charge in [0.2, 0.25) is 10.0 Å². The Hall–Kier alpha value is -1.89. The minimum absolute atomic E-state index is 0.0982. The first-order valence-corrected chi connectivity index (χ1v) is 8.63. The van der Waals surface area contributed by atoms with Crippen LogP contribution in [0, 0.1) is 5.82 Å². The molecular formula is C15H18FNO4S. The van der Waals surface area contributed by atoms with Crippen LogP contribution in [0.25, 0.3) is 0 Å². The van der Waals surface area contributed by atoms with Crippen LogP contribution in [0.4, 0.5) is 10.1 Å². The average molecular weight is 327 g/mol. The lowest BCUT2D eigenvalue weighted by molar-refractivity contribution is -0.132. The molecule has 1 atom stereocenters. The van der Waals surface area contributed by atoms with Crippen LogP contribution in [0.15, 0.2) is 29.8 Å². The van der Waals surface area contributed by atoms with Crippen molar-refractivity contribution in [3.8, 4) is 0 Å². The molecule has 1 aliphatic rings. The zero-order chi connectivity index (χ0) is 16.3. The highest BCUT2D eigenvalue weighted by Gasteiger charge is 2.34. The Labute approximate surface area is 128 Å². The highest BCUT2D eigenvalue weighted by atomic mass is 32.2. The fourth-order valence-electron chi connectivity index (χ4n) is 2.57. The van der Waals surface area contributed by atoms with Crippen LogP contribution in [-0.2, 0) is 21.2 Å². The number of aryl methyl sites for hydroxylation is 1. The number of anilines is 1. The van der Waals surface area contributed by atoms with Gasteiger partial charge in [-0.2, -0.15) is 0 Å². The quantitative estimate of drug-likeness (QED) is 0.871. The third-order valence-corrected chi connectivity index (χ3v) is 5.45. The van der Waals surface area contributed by atoms with Crippen molar-refractivity contribution in [2.45, 2.75) is 37.9 Å². The number of carbonyl (C=O) groups is 1. The molecular weight excluding hydrogens is 309 g/mol. The summed E-state index contributed by atoms with van der Waals surface area (Å²) in [6, 6.07) is 3.80. The Morgan fingerprint density at radius 2 is 2.18 bits per heavy atom. The molecule has 7 heteroatoms. The average Bonchev–Trinajstić information content (AvgIpc) is 2.48. The van der Waals surface area contributed by atoms with E-state index < -0.39 is 27.1 Å². The van der Waals surface area contributed by atoms with Gasteiger partial charge in [-0.25, -0.2) is 17.6 Å². The Balaban J connectivity index is 2.33. The SMILES string of the molecule is CCc1cc(F)ccc1NS(=O)(=O)C1CCCC=C1C(=O)O. The monoisotopic (exact) mass is 327 g/mol. The maximum atomic E-state index is 13.2. The number of hydrogen-bond acceptors (Lipinski definition) is 3. The number of halogens is 1. The summed E-state index contributed by atoms with van der Waals surface area (Å²) in [5.74, 6) is -1.66. The molecule has 0 aromatic heterocycles. The largest absolute Gasteiger partial charge is 0.478 e. The van der Waals surface area contributed by atoms with E-state index in [2.05, 4.69) is 4.72 Å². The van der Waals surface area contributed by atoms with E-state index in [0.717, 1.165) is 0 Å². The van der Waals surface area contributed by atoms with Crippen LogP contribution in [0.5, 0.6) is 0 Å². The topological polar surface area (TPSA) is 83.5 Å².